The Labute approximate surface area is 149 Å². The van der Waals surface area contributed by atoms with Gasteiger partial charge in [-0.25, -0.2) is 0 Å². The highest BCUT2D eigenvalue weighted by molar-refractivity contribution is 6.10. The Bertz CT molecular complexity index is 623. The number of Topliss-reactive ketones (excluding diaryl/α,β-unsaturated/α-hetero) is 1. The lowest BCUT2D eigenvalue weighted by Crippen LogP contribution is -2.61. The Morgan fingerprint density at radius 1 is 1.16 bits per heavy atom. The zero-order chi connectivity index (χ0) is 18.0. The van der Waals surface area contributed by atoms with Crippen LogP contribution in [0.3, 0.4) is 0 Å². The number of para-hydroxylation sites is 1. The van der Waals surface area contributed by atoms with Crippen LogP contribution in [0.5, 0.6) is 0 Å². The molecule has 3 unspecified atom stereocenters. The number of amides is 1. The number of aliphatic hydroxyl groups excluding tert-OH is 1. The molecule has 3 rings (SSSR count). The van der Waals surface area contributed by atoms with Crippen LogP contribution in [-0.2, 0) is 9.59 Å². The summed E-state index contributed by atoms with van der Waals surface area (Å²) in [5, 5.41) is 13.3. The number of carbonyl (C=O) groups is 2. The number of nitrogens with zero attached hydrogens (tertiary/aromatic N) is 1. The van der Waals surface area contributed by atoms with Gasteiger partial charge in [0.15, 0.2) is 5.78 Å². The number of rotatable bonds is 3. The van der Waals surface area contributed by atoms with Crippen molar-refractivity contribution in [2.24, 2.45) is 11.3 Å². The smallest absolute Gasteiger partial charge is 0.237 e. The minimum absolute atomic E-state index is 0.140. The molecule has 0 spiro atoms. The van der Waals surface area contributed by atoms with Gasteiger partial charge in [-0.3, -0.25) is 14.5 Å². The van der Waals surface area contributed by atoms with Crippen LogP contribution < -0.4 is 5.32 Å². The largest absolute Gasteiger partial charge is 0.392 e. The number of likely N-dealkylation sites (tertiary alicyclic amines) is 1. The molecule has 1 amide bonds. The minimum atomic E-state index is -1.000. The summed E-state index contributed by atoms with van der Waals surface area (Å²) in [6, 6.07) is 8.78. The first-order valence-electron chi connectivity index (χ1n) is 9.22. The first-order valence-corrected chi connectivity index (χ1v) is 9.22. The van der Waals surface area contributed by atoms with Gasteiger partial charge in [0.05, 0.1) is 12.1 Å². The van der Waals surface area contributed by atoms with Gasteiger partial charge in [-0.15, -0.1) is 0 Å². The highest BCUT2D eigenvalue weighted by atomic mass is 16.3. The highest BCUT2D eigenvalue weighted by Gasteiger charge is 2.52. The number of piperidine rings is 1. The lowest BCUT2D eigenvalue weighted by atomic mass is 9.66. The van der Waals surface area contributed by atoms with Crippen LogP contribution in [0.2, 0.25) is 0 Å². The van der Waals surface area contributed by atoms with Gasteiger partial charge in [-0.05, 0) is 49.9 Å². The van der Waals surface area contributed by atoms with Crippen molar-refractivity contribution in [3.63, 3.8) is 0 Å². The second-order valence-corrected chi connectivity index (χ2v) is 7.99. The van der Waals surface area contributed by atoms with Gasteiger partial charge in [-0.1, -0.05) is 38.5 Å². The highest BCUT2D eigenvalue weighted by Crippen LogP contribution is 2.40. The van der Waals surface area contributed by atoms with Crippen LogP contribution in [-0.4, -0.2) is 46.9 Å². The van der Waals surface area contributed by atoms with E-state index in [0.29, 0.717) is 12.1 Å². The third-order valence-electron chi connectivity index (χ3n) is 5.52. The predicted octanol–water partition coefficient (Wildman–Crippen LogP) is 2.46. The molecule has 2 aliphatic rings. The molecule has 1 saturated heterocycles. The van der Waals surface area contributed by atoms with E-state index < -0.39 is 17.9 Å². The summed E-state index contributed by atoms with van der Waals surface area (Å²) in [4.78, 5) is 28.2. The lowest BCUT2D eigenvalue weighted by molar-refractivity contribution is -0.151. The molecule has 0 bridgehead atoms. The molecule has 1 aliphatic carbocycles. The molecular formula is C20H28N2O3. The molecule has 0 aromatic heterocycles. The number of carbonyl (C=O) groups excluding carboxylic acids is 2. The van der Waals surface area contributed by atoms with E-state index in [-0.39, 0.29) is 17.2 Å². The summed E-state index contributed by atoms with van der Waals surface area (Å²) in [6.07, 6.45) is 2.88. The van der Waals surface area contributed by atoms with Crippen molar-refractivity contribution in [1.82, 2.24) is 4.90 Å². The van der Waals surface area contributed by atoms with Crippen molar-refractivity contribution in [2.75, 3.05) is 18.4 Å². The molecule has 1 aromatic rings. The molecule has 1 saturated carbocycles. The maximum absolute atomic E-state index is 13.2. The monoisotopic (exact) mass is 344 g/mol. The number of anilines is 1. The molecular weight excluding hydrogens is 316 g/mol. The number of hydrogen-bond donors (Lipinski definition) is 2. The molecule has 5 heteroatoms. The van der Waals surface area contributed by atoms with Crippen molar-refractivity contribution < 1.29 is 14.7 Å². The Kier molecular flexibility index (Phi) is 5.25. The zero-order valence-corrected chi connectivity index (χ0v) is 15.1. The van der Waals surface area contributed by atoms with Gasteiger partial charge >= 0.3 is 0 Å². The molecule has 2 fully saturated rings. The molecule has 0 radical (unpaired) electrons. The summed E-state index contributed by atoms with van der Waals surface area (Å²) in [7, 11) is 0. The Hall–Kier alpha value is -1.72. The minimum Gasteiger partial charge on any atom is -0.392 e. The van der Waals surface area contributed by atoms with Crippen molar-refractivity contribution in [3.05, 3.63) is 30.3 Å². The molecule has 1 aromatic carbocycles. The average molecular weight is 344 g/mol. The Balaban J connectivity index is 1.81. The fraction of sp³-hybridized carbons (Fsp3) is 0.600. The van der Waals surface area contributed by atoms with Crippen molar-refractivity contribution >= 4 is 17.4 Å². The first-order chi connectivity index (χ1) is 11.9. The van der Waals surface area contributed by atoms with E-state index in [0.717, 1.165) is 25.9 Å². The van der Waals surface area contributed by atoms with Crippen molar-refractivity contribution in [3.8, 4) is 0 Å². The summed E-state index contributed by atoms with van der Waals surface area (Å²) in [5.74, 6) is -1.54. The van der Waals surface area contributed by atoms with Gasteiger partial charge in [-0.2, -0.15) is 0 Å². The van der Waals surface area contributed by atoms with E-state index in [1.165, 1.54) is 6.42 Å². The number of hydrogen-bond acceptors (Lipinski definition) is 4. The molecule has 25 heavy (non-hydrogen) atoms. The summed E-state index contributed by atoms with van der Waals surface area (Å²) in [5.41, 5.74) is 0.309. The number of ketones is 1. The molecule has 1 heterocycles. The average Bonchev–Trinajstić information content (AvgIpc) is 2.55. The third-order valence-corrected chi connectivity index (χ3v) is 5.52. The van der Waals surface area contributed by atoms with Crippen molar-refractivity contribution in [1.29, 1.82) is 0 Å². The molecule has 5 nitrogen and oxygen atoms in total. The number of nitrogens with one attached hydrogen (secondary N) is 1. The third kappa shape index (κ3) is 3.77. The fourth-order valence-corrected chi connectivity index (χ4v) is 4.41. The molecule has 3 atom stereocenters. The fourth-order valence-electron chi connectivity index (χ4n) is 4.41. The Morgan fingerprint density at radius 3 is 2.44 bits per heavy atom. The second kappa shape index (κ2) is 7.26. The quantitative estimate of drug-likeness (QED) is 0.827. The summed E-state index contributed by atoms with van der Waals surface area (Å²) in [6.45, 7) is 5.84. The molecule has 136 valence electrons. The van der Waals surface area contributed by atoms with Gasteiger partial charge in [0.1, 0.15) is 5.92 Å². The van der Waals surface area contributed by atoms with E-state index in [1.54, 1.807) is 12.1 Å². The van der Waals surface area contributed by atoms with Gasteiger partial charge < -0.3 is 10.4 Å². The van der Waals surface area contributed by atoms with Gasteiger partial charge in [0, 0.05) is 5.69 Å². The lowest BCUT2D eigenvalue weighted by Gasteiger charge is -2.48. The van der Waals surface area contributed by atoms with Crippen molar-refractivity contribution in [2.45, 2.75) is 51.7 Å². The SMILES string of the molecule is CC1(C)CC(O)C(C(=O)Nc2ccccc2)C(=O)C1N1CCCCC1. The Morgan fingerprint density at radius 2 is 1.80 bits per heavy atom. The standard InChI is InChI=1S/C20H28N2O3/c1-20(2)13-15(23)16(19(25)21-14-9-5-3-6-10-14)17(24)18(20)22-11-7-4-8-12-22/h3,5-6,9-10,15-16,18,23H,4,7-8,11-13H2,1-2H3,(H,21,25). The summed E-state index contributed by atoms with van der Waals surface area (Å²) < 4.78 is 0. The van der Waals surface area contributed by atoms with Gasteiger partial charge in [0.2, 0.25) is 5.91 Å². The van der Waals surface area contributed by atoms with Crippen LogP contribution in [0.25, 0.3) is 0 Å². The van der Waals surface area contributed by atoms with E-state index in [2.05, 4.69) is 10.2 Å². The predicted molar refractivity (Wildman–Crippen MR) is 97.2 cm³/mol. The van der Waals surface area contributed by atoms with E-state index in [9.17, 15) is 14.7 Å². The van der Waals surface area contributed by atoms with E-state index >= 15 is 0 Å². The maximum atomic E-state index is 13.2. The van der Waals surface area contributed by atoms with E-state index in [1.807, 2.05) is 32.0 Å². The van der Waals surface area contributed by atoms with Crippen LogP contribution in [0.1, 0.15) is 39.5 Å². The van der Waals surface area contributed by atoms with Gasteiger partial charge in [0.25, 0.3) is 0 Å². The van der Waals surface area contributed by atoms with Crippen LogP contribution in [0, 0.1) is 11.3 Å². The number of benzene rings is 1. The van der Waals surface area contributed by atoms with Crippen LogP contribution in [0.4, 0.5) is 5.69 Å². The van der Waals surface area contributed by atoms with Crippen LogP contribution >= 0.6 is 0 Å². The molecule has 1 aliphatic heterocycles. The summed E-state index contributed by atoms with van der Waals surface area (Å²) >= 11 is 0. The maximum Gasteiger partial charge on any atom is 0.237 e. The normalized spacial score (nSPS) is 30.0. The topological polar surface area (TPSA) is 69.6 Å². The molecule has 2 N–H and O–H groups in total. The van der Waals surface area contributed by atoms with E-state index in [4.69, 9.17) is 0 Å². The second-order valence-electron chi connectivity index (χ2n) is 7.99. The first kappa shape index (κ1) is 18.1. The number of aliphatic hydroxyl groups is 1. The zero-order valence-electron chi connectivity index (χ0n) is 15.1. The van der Waals surface area contributed by atoms with Crippen LogP contribution in [0.15, 0.2) is 30.3 Å².